The van der Waals surface area contributed by atoms with E-state index in [1.54, 1.807) is 12.1 Å². The van der Waals surface area contributed by atoms with E-state index < -0.39 is 5.97 Å². The third-order valence-corrected chi connectivity index (χ3v) is 3.63. The summed E-state index contributed by atoms with van der Waals surface area (Å²) in [6.45, 7) is 3.65. The average Bonchev–Trinajstić information content (AvgIpc) is 2.41. The van der Waals surface area contributed by atoms with Crippen LogP contribution < -0.4 is 11.1 Å². The zero-order valence-electron chi connectivity index (χ0n) is 11.1. The summed E-state index contributed by atoms with van der Waals surface area (Å²) in [6.07, 6.45) is 2.01. The van der Waals surface area contributed by atoms with Crippen LogP contribution in [0.3, 0.4) is 0 Å². The molecule has 1 saturated heterocycles. The van der Waals surface area contributed by atoms with Gasteiger partial charge in [0.1, 0.15) is 0 Å². The van der Waals surface area contributed by atoms with Gasteiger partial charge in [-0.25, -0.2) is 4.79 Å². The number of anilines is 2. The lowest BCUT2D eigenvalue weighted by Gasteiger charge is -2.29. The fourth-order valence-corrected chi connectivity index (χ4v) is 2.44. The molecule has 19 heavy (non-hydrogen) atoms. The molecule has 1 aliphatic heterocycles. The van der Waals surface area contributed by atoms with Crippen LogP contribution in [-0.2, 0) is 4.74 Å². The highest BCUT2D eigenvalue weighted by Gasteiger charge is 2.21. The van der Waals surface area contributed by atoms with Crippen molar-refractivity contribution in [3.8, 4) is 0 Å². The number of carboxylic acids is 1. The van der Waals surface area contributed by atoms with Gasteiger partial charge in [0.25, 0.3) is 0 Å². The van der Waals surface area contributed by atoms with Crippen molar-refractivity contribution >= 4 is 17.3 Å². The second-order valence-corrected chi connectivity index (χ2v) is 4.99. The summed E-state index contributed by atoms with van der Waals surface area (Å²) in [5, 5.41) is 12.5. The van der Waals surface area contributed by atoms with E-state index in [9.17, 15) is 9.90 Å². The third kappa shape index (κ3) is 3.38. The van der Waals surface area contributed by atoms with Crippen molar-refractivity contribution in [3.63, 3.8) is 0 Å². The number of hydrogen-bond acceptors (Lipinski definition) is 4. The maximum absolute atomic E-state index is 11.2. The SMILES string of the molecule is CC(Nc1ccc(N)cc1C(=O)O)C1CCOCC1. The van der Waals surface area contributed by atoms with E-state index in [2.05, 4.69) is 12.2 Å². The summed E-state index contributed by atoms with van der Waals surface area (Å²) in [4.78, 5) is 11.2. The molecule has 1 heterocycles. The number of benzene rings is 1. The van der Waals surface area contributed by atoms with Gasteiger partial charge in [-0.05, 0) is 43.9 Å². The van der Waals surface area contributed by atoms with Crippen molar-refractivity contribution in [2.24, 2.45) is 5.92 Å². The van der Waals surface area contributed by atoms with Gasteiger partial charge in [0.05, 0.1) is 5.56 Å². The fourth-order valence-electron chi connectivity index (χ4n) is 2.44. The summed E-state index contributed by atoms with van der Waals surface area (Å²) in [5.74, 6) is -0.457. The van der Waals surface area contributed by atoms with Crippen LogP contribution >= 0.6 is 0 Å². The molecule has 1 atom stereocenters. The van der Waals surface area contributed by atoms with Crippen LogP contribution in [0.25, 0.3) is 0 Å². The Hall–Kier alpha value is -1.75. The van der Waals surface area contributed by atoms with E-state index in [1.807, 2.05) is 0 Å². The van der Waals surface area contributed by atoms with Gasteiger partial charge in [-0.2, -0.15) is 0 Å². The summed E-state index contributed by atoms with van der Waals surface area (Å²) in [5.41, 5.74) is 6.94. The van der Waals surface area contributed by atoms with E-state index in [4.69, 9.17) is 10.5 Å². The number of carboxylic acid groups (broad SMARTS) is 1. The molecule has 1 aliphatic rings. The topological polar surface area (TPSA) is 84.6 Å². The first-order valence-corrected chi connectivity index (χ1v) is 6.55. The minimum Gasteiger partial charge on any atom is -0.478 e. The van der Waals surface area contributed by atoms with Crippen molar-refractivity contribution in [1.82, 2.24) is 0 Å². The van der Waals surface area contributed by atoms with E-state index >= 15 is 0 Å². The molecule has 5 heteroatoms. The zero-order chi connectivity index (χ0) is 13.8. The average molecular weight is 264 g/mol. The number of rotatable bonds is 4. The molecule has 1 unspecified atom stereocenters. The van der Waals surface area contributed by atoms with Crippen LogP contribution in [-0.4, -0.2) is 30.3 Å². The number of hydrogen-bond donors (Lipinski definition) is 3. The van der Waals surface area contributed by atoms with E-state index in [-0.39, 0.29) is 11.6 Å². The highest BCUT2D eigenvalue weighted by Crippen LogP contribution is 2.25. The summed E-state index contributed by atoms with van der Waals surface area (Å²) < 4.78 is 5.34. The Balaban J connectivity index is 2.11. The second-order valence-electron chi connectivity index (χ2n) is 4.99. The molecule has 1 aromatic carbocycles. The van der Waals surface area contributed by atoms with Crippen molar-refractivity contribution in [2.75, 3.05) is 24.3 Å². The molecular weight excluding hydrogens is 244 g/mol. The lowest BCUT2D eigenvalue weighted by atomic mass is 9.92. The normalized spacial score (nSPS) is 17.9. The summed E-state index contributed by atoms with van der Waals surface area (Å²) in [6, 6.07) is 5.15. The molecule has 1 fully saturated rings. The van der Waals surface area contributed by atoms with Gasteiger partial charge in [-0.15, -0.1) is 0 Å². The molecule has 0 aromatic heterocycles. The van der Waals surface area contributed by atoms with Crippen LogP contribution in [0, 0.1) is 5.92 Å². The Labute approximate surface area is 112 Å². The first-order chi connectivity index (χ1) is 9.08. The number of ether oxygens (including phenoxy) is 1. The number of nitrogen functional groups attached to an aromatic ring is 1. The van der Waals surface area contributed by atoms with Crippen molar-refractivity contribution < 1.29 is 14.6 Å². The standard InChI is InChI=1S/C14H20N2O3/c1-9(10-4-6-19-7-5-10)16-13-3-2-11(15)8-12(13)14(17)18/h2-3,8-10,16H,4-7,15H2,1H3,(H,17,18). The Morgan fingerprint density at radius 3 is 2.79 bits per heavy atom. The summed E-state index contributed by atoms with van der Waals surface area (Å²) in [7, 11) is 0. The van der Waals surface area contributed by atoms with Crippen LogP contribution in [0.4, 0.5) is 11.4 Å². The van der Waals surface area contributed by atoms with Gasteiger partial charge in [-0.1, -0.05) is 0 Å². The lowest BCUT2D eigenvalue weighted by Crippen LogP contribution is -2.31. The molecule has 4 N–H and O–H groups in total. The predicted molar refractivity (Wildman–Crippen MR) is 74.4 cm³/mol. The minimum absolute atomic E-state index is 0.214. The Morgan fingerprint density at radius 1 is 1.47 bits per heavy atom. The minimum atomic E-state index is -0.964. The van der Waals surface area contributed by atoms with Gasteiger partial charge in [0.15, 0.2) is 0 Å². The van der Waals surface area contributed by atoms with Crippen LogP contribution in [0.5, 0.6) is 0 Å². The molecule has 0 bridgehead atoms. The third-order valence-electron chi connectivity index (χ3n) is 3.63. The van der Waals surface area contributed by atoms with E-state index in [0.717, 1.165) is 26.1 Å². The number of carbonyl (C=O) groups is 1. The van der Waals surface area contributed by atoms with Crippen molar-refractivity contribution in [2.45, 2.75) is 25.8 Å². The molecular formula is C14H20N2O3. The Kier molecular flexibility index (Phi) is 4.27. The Morgan fingerprint density at radius 2 is 2.16 bits per heavy atom. The molecule has 1 aromatic rings. The second kappa shape index (κ2) is 5.93. The van der Waals surface area contributed by atoms with Gasteiger partial charge in [0.2, 0.25) is 0 Å². The maximum Gasteiger partial charge on any atom is 0.337 e. The maximum atomic E-state index is 11.2. The van der Waals surface area contributed by atoms with Crippen molar-refractivity contribution in [1.29, 1.82) is 0 Å². The van der Waals surface area contributed by atoms with E-state index in [1.165, 1.54) is 6.07 Å². The van der Waals surface area contributed by atoms with Crippen LogP contribution in [0.15, 0.2) is 18.2 Å². The molecule has 5 nitrogen and oxygen atoms in total. The first kappa shape index (κ1) is 13.7. The number of nitrogens with one attached hydrogen (secondary N) is 1. The van der Waals surface area contributed by atoms with E-state index in [0.29, 0.717) is 17.3 Å². The molecule has 2 rings (SSSR count). The highest BCUT2D eigenvalue weighted by molar-refractivity contribution is 5.95. The first-order valence-electron chi connectivity index (χ1n) is 6.55. The molecule has 0 aliphatic carbocycles. The van der Waals surface area contributed by atoms with Gasteiger partial charge in [0, 0.05) is 30.6 Å². The number of aromatic carboxylic acids is 1. The largest absolute Gasteiger partial charge is 0.478 e. The number of nitrogens with two attached hydrogens (primary N) is 1. The Bertz CT molecular complexity index is 456. The lowest BCUT2D eigenvalue weighted by molar-refractivity contribution is 0.0621. The van der Waals surface area contributed by atoms with Crippen LogP contribution in [0.2, 0.25) is 0 Å². The highest BCUT2D eigenvalue weighted by atomic mass is 16.5. The monoisotopic (exact) mass is 264 g/mol. The summed E-state index contributed by atoms with van der Waals surface area (Å²) >= 11 is 0. The molecule has 104 valence electrons. The van der Waals surface area contributed by atoms with Crippen molar-refractivity contribution in [3.05, 3.63) is 23.8 Å². The van der Waals surface area contributed by atoms with Crippen LogP contribution in [0.1, 0.15) is 30.1 Å². The molecule has 0 saturated carbocycles. The quantitative estimate of drug-likeness (QED) is 0.726. The molecule has 0 spiro atoms. The van der Waals surface area contributed by atoms with Gasteiger partial charge >= 0.3 is 5.97 Å². The van der Waals surface area contributed by atoms with Gasteiger partial charge in [-0.3, -0.25) is 0 Å². The smallest absolute Gasteiger partial charge is 0.337 e. The molecule has 0 amide bonds. The van der Waals surface area contributed by atoms with Gasteiger partial charge < -0.3 is 20.9 Å². The zero-order valence-corrected chi connectivity index (χ0v) is 11.1. The molecule has 0 radical (unpaired) electrons. The fraction of sp³-hybridized carbons (Fsp3) is 0.500. The predicted octanol–water partition coefficient (Wildman–Crippen LogP) is 2.19.